The van der Waals surface area contributed by atoms with Crippen LogP contribution < -0.4 is 5.32 Å². The van der Waals surface area contributed by atoms with Gasteiger partial charge < -0.3 is 15.0 Å². The molecule has 25 heavy (non-hydrogen) atoms. The Morgan fingerprint density at radius 2 is 1.84 bits per heavy atom. The first-order chi connectivity index (χ1) is 11.7. The van der Waals surface area contributed by atoms with Gasteiger partial charge in [0.15, 0.2) is 5.96 Å². The van der Waals surface area contributed by atoms with Gasteiger partial charge in [-0.2, -0.15) is 0 Å². The second-order valence-electron chi connectivity index (χ2n) is 6.66. The van der Waals surface area contributed by atoms with Gasteiger partial charge in [-0.15, -0.1) is 24.0 Å². The summed E-state index contributed by atoms with van der Waals surface area (Å²) in [5.41, 5.74) is 2.77. The standard InChI is InChI=1S/C20H33N3O.HI/c1-4-17-5-7-18(8-6-17)9-13-22-20(21-2)23(3)14-10-19-11-15-24-16-12-19;/h5-8,19H,4,9-16H2,1-3H3,(H,21,22);1H. The molecule has 0 aromatic heterocycles. The average Bonchev–Trinajstić information content (AvgIpc) is 2.64. The van der Waals surface area contributed by atoms with E-state index in [1.807, 2.05) is 7.05 Å². The van der Waals surface area contributed by atoms with E-state index in [-0.39, 0.29) is 24.0 Å². The molecule has 1 aliphatic heterocycles. The van der Waals surface area contributed by atoms with Crippen molar-refractivity contribution in [1.29, 1.82) is 0 Å². The van der Waals surface area contributed by atoms with Crippen molar-refractivity contribution in [1.82, 2.24) is 10.2 Å². The quantitative estimate of drug-likeness (QED) is 0.384. The lowest BCUT2D eigenvalue weighted by Gasteiger charge is -2.26. The van der Waals surface area contributed by atoms with E-state index in [0.29, 0.717) is 0 Å². The first-order valence-corrected chi connectivity index (χ1v) is 9.30. The van der Waals surface area contributed by atoms with Crippen molar-refractivity contribution in [3.8, 4) is 0 Å². The Hall–Kier alpha value is -0.820. The largest absolute Gasteiger partial charge is 0.381 e. The summed E-state index contributed by atoms with van der Waals surface area (Å²) in [7, 11) is 3.99. The van der Waals surface area contributed by atoms with Gasteiger partial charge in [0.05, 0.1) is 0 Å². The summed E-state index contributed by atoms with van der Waals surface area (Å²) in [6, 6.07) is 8.92. The van der Waals surface area contributed by atoms with E-state index in [1.165, 1.54) is 30.4 Å². The minimum absolute atomic E-state index is 0. The van der Waals surface area contributed by atoms with E-state index < -0.39 is 0 Å². The molecular weight excluding hydrogens is 425 g/mol. The van der Waals surface area contributed by atoms with Crippen molar-refractivity contribution in [3.05, 3.63) is 35.4 Å². The zero-order valence-electron chi connectivity index (χ0n) is 16.0. The van der Waals surface area contributed by atoms with Crippen molar-refractivity contribution in [2.45, 2.75) is 39.0 Å². The summed E-state index contributed by atoms with van der Waals surface area (Å²) in [4.78, 5) is 6.66. The van der Waals surface area contributed by atoms with Crippen molar-refractivity contribution in [2.24, 2.45) is 10.9 Å². The molecule has 1 aliphatic rings. The van der Waals surface area contributed by atoms with Gasteiger partial charge in [0.25, 0.3) is 0 Å². The molecule has 1 N–H and O–H groups in total. The van der Waals surface area contributed by atoms with Crippen molar-refractivity contribution in [2.75, 3.05) is 40.4 Å². The van der Waals surface area contributed by atoms with Crippen LogP contribution in [-0.2, 0) is 17.6 Å². The summed E-state index contributed by atoms with van der Waals surface area (Å²) in [5.74, 6) is 1.80. The number of aliphatic imine (C=N–C) groups is 1. The van der Waals surface area contributed by atoms with Gasteiger partial charge in [0.1, 0.15) is 0 Å². The van der Waals surface area contributed by atoms with Gasteiger partial charge >= 0.3 is 0 Å². The van der Waals surface area contributed by atoms with E-state index in [0.717, 1.165) is 51.0 Å². The minimum Gasteiger partial charge on any atom is -0.381 e. The molecule has 1 heterocycles. The van der Waals surface area contributed by atoms with Crippen LogP contribution in [0, 0.1) is 5.92 Å². The smallest absolute Gasteiger partial charge is 0.193 e. The highest BCUT2D eigenvalue weighted by molar-refractivity contribution is 14.0. The molecule has 1 aromatic rings. The maximum atomic E-state index is 5.44. The fourth-order valence-electron chi connectivity index (χ4n) is 3.16. The predicted molar refractivity (Wildman–Crippen MR) is 117 cm³/mol. The van der Waals surface area contributed by atoms with Crippen LogP contribution in [0.3, 0.4) is 0 Å². The summed E-state index contributed by atoms with van der Waals surface area (Å²) in [5, 5.41) is 3.49. The third-order valence-corrected chi connectivity index (χ3v) is 4.92. The molecule has 1 saturated heterocycles. The highest BCUT2D eigenvalue weighted by atomic mass is 127. The fourth-order valence-corrected chi connectivity index (χ4v) is 3.16. The molecule has 0 atom stereocenters. The van der Waals surface area contributed by atoms with E-state index in [2.05, 4.69) is 53.4 Å². The number of aryl methyl sites for hydroxylation is 1. The molecule has 0 radical (unpaired) electrons. The molecule has 4 nitrogen and oxygen atoms in total. The first kappa shape index (κ1) is 22.2. The SMILES string of the molecule is CCc1ccc(CCNC(=NC)N(C)CCC2CCOCC2)cc1.I. The second-order valence-corrected chi connectivity index (χ2v) is 6.66. The Balaban J connectivity index is 0.00000312. The minimum atomic E-state index is 0. The Labute approximate surface area is 170 Å². The number of rotatable bonds is 7. The molecule has 0 spiro atoms. The molecule has 142 valence electrons. The number of nitrogens with one attached hydrogen (secondary N) is 1. The van der Waals surface area contributed by atoms with Crippen LogP contribution in [0.2, 0.25) is 0 Å². The molecule has 5 heteroatoms. The second kappa shape index (κ2) is 12.5. The van der Waals surface area contributed by atoms with Crippen LogP contribution in [0.4, 0.5) is 0 Å². The maximum Gasteiger partial charge on any atom is 0.193 e. The topological polar surface area (TPSA) is 36.9 Å². The normalized spacial score (nSPS) is 15.6. The number of nitrogens with zero attached hydrogens (tertiary/aromatic N) is 2. The number of ether oxygens (including phenoxy) is 1. The van der Waals surface area contributed by atoms with E-state index in [1.54, 1.807) is 0 Å². The predicted octanol–water partition coefficient (Wildman–Crippen LogP) is 3.73. The third-order valence-electron chi connectivity index (χ3n) is 4.92. The molecule has 0 aliphatic carbocycles. The first-order valence-electron chi connectivity index (χ1n) is 9.30. The monoisotopic (exact) mass is 459 g/mol. The fraction of sp³-hybridized carbons (Fsp3) is 0.650. The van der Waals surface area contributed by atoms with Crippen molar-refractivity contribution >= 4 is 29.9 Å². The molecular formula is C20H34IN3O. The van der Waals surface area contributed by atoms with Crippen molar-refractivity contribution in [3.63, 3.8) is 0 Å². The molecule has 2 rings (SSSR count). The Morgan fingerprint density at radius 1 is 1.20 bits per heavy atom. The Kier molecular flexibility index (Phi) is 11.1. The van der Waals surface area contributed by atoms with Crippen LogP contribution in [0.1, 0.15) is 37.3 Å². The molecule has 0 unspecified atom stereocenters. The highest BCUT2D eigenvalue weighted by Crippen LogP contribution is 2.18. The average molecular weight is 459 g/mol. The molecule has 1 aromatic carbocycles. The van der Waals surface area contributed by atoms with E-state index in [9.17, 15) is 0 Å². The third kappa shape index (κ3) is 7.94. The van der Waals surface area contributed by atoms with Crippen LogP contribution >= 0.6 is 24.0 Å². The van der Waals surface area contributed by atoms with Gasteiger partial charge in [0, 0.05) is 40.4 Å². The lowest BCUT2D eigenvalue weighted by Crippen LogP contribution is -2.40. The zero-order valence-corrected chi connectivity index (χ0v) is 18.3. The summed E-state index contributed by atoms with van der Waals surface area (Å²) in [6.45, 7) is 6.02. The number of benzene rings is 1. The molecule has 0 amide bonds. The van der Waals surface area contributed by atoms with Gasteiger partial charge in [-0.3, -0.25) is 4.99 Å². The Bertz CT molecular complexity index is 498. The summed E-state index contributed by atoms with van der Waals surface area (Å²) < 4.78 is 5.44. The number of hydrogen-bond donors (Lipinski definition) is 1. The van der Waals surface area contributed by atoms with Crippen LogP contribution in [0.25, 0.3) is 0 Å². The maximum absolute atomic E-state index is 5.44. The van der Waals surface area contributed by atoms with Crippen LogP contribution in [0.15, 0.2) is 29.3 Å². The van der Waals surface area contributed by atoms with Gasteiger partial charge in [-0.1, -0.05) is 31.2 Å². The van der Waals surface area contributed by atoms with Crippen LogP contribution in [-0.4, -0.2) is 51.3 Å². The van der Waals surface area contributed by atoms with E-state index in [4.69, 9.17) is 4.74 Å². The van der Waals surface area contributed by atoms with Gasteiger partial charge in [0.2, 0.25) is 0 Å². The number of hydrogen-bond acceptors (Lipinski definition) is 2. The Morgan fingerprint density at radius 3 is 2.44 bits per heavy atom. The van der Waals surface area contributed by atoms with Gasteiger partial charge in [-0.25, -0.2) is 0 Å². The number of guanidine groups is 1. The zero-order chi connectivity index (χ0) is 17.2. The van der Waals surface area contributed by atoms with Crippen molar-refractivity contribution < 1.29 is 4.74 Å². The van der Waals surface area contributed by atoms with E-state index >= 15 is 0 Å². The number of halogens is 1. The lowest BCUT2D eigenvalue weighted by molar-refractivity contribution is 0.0625. The molecule has 0 saturated carbocycles. The highest BCUT2D eigenvalue weighted by Gasteiger charge is 2.15. The lowest BCUT2D eigenvalue weighted by atomic mass is 9.96. The van der Waals surface area contributed by atoms with Gasteiger partial charge in [-0.05, 0) is 49.1 Å². The summed E-state index contributed by atoms with van der Waals surface area (Å²) >= 11 is 0. The van der Waals surface area contributed by atoms with Crippen LogP contribution in [0.5, 0.6) is 0 Å². The molecule has 1 fully saturated rings. The molecule has 0 bridgehead atoms. The summed E-state index contributed by atoms with van der Waals surface area (Å²) in [6.07, 6.45) is 5.75.